The molecule has 0 bridgehead atoms. The van der Waals surface area contributed by atoms with E-state index in [1.807, 2.05) is 60.0 Å². The number of halogens is 3. The smallest absolute Gasteiger partial charge is 0.237 e. The summed E-state index contributed by atoms with van der Waals surface area (Å²) in [5.74, 6) is 1.31. The number of amides is 2. The average Bonchev–Trinajstić information content (AvgIpc) is 3.86. The molecule has 0 spiro atoms. The summed E-state index contributed by atoms with van der Waals surface area (Å²) in [7, 11) is 0. The lowest BCUT2D eigenvalue weighted by molar-refractivity contribution is -0.138. The molecule has 0 radical (unpaired) electrons. The quantitative estimate of drug-likeness (QED) is 0.187. The number of carbonyl (C=O) groups is 2. The van der Waals surface area contributed by atoms with E-state index in [1.165, 1.54) is 22.2 Å². The summed E-state index contributed by atoms with van der Waals surface area (Å²) < 4.78 is 18.8. The van der Waals surface area contributed by atoms with E-state index in [1.54, 1.807) is 0 Å². The van der Waals surface area contributed by atoms with Crippen molar-refractivity contribution in [1.82, 2.24) is 24.7 Å². The number of H-pyrrole nitrogens is 2. The van der Waals surface area contributed by atoms with Crippen LogP contribution in [0, 0.1) is 11.8 Å². The molecule has 4 aromatic rings. The number of nitrogens with one attached hydrogen (secondary N) is 2. The maximum absolute atomic E-state index is 13.1. The molecular weight excluding hydrogens is 724 g/mol. The first kappa shape index (κ1) is 40.6. The van der Waals surface area contributed by atoms with Gasteiger partial charge in [-0.25, -0.2) is 4.39 Å². The monoisotopic (exact) mass is 781 g/mol. The van der Waals surface area contributed by atoms with Crippen molar-refractivity contribution in [1.29, 1.82) is 0 Å². The molecule has 2 fully saturated rings. The van der Waals surface area contributed by atoms with Crippen LogP contribution in [-0.2, 0) is 27.2 Å². The Balaban J connectivity index is 0.000000176. The minimum atomic E-state index is -0.777. The van der Waals surface area contributed by atoms with Gasteiger partial charge in [-0.15, -0.1) is 0 Å². The lowest BCUT2D eigenvalue weighted by Gasteiger charge is -2.40. The molecule has 2 N–H and O–H groups in total. The molecule has 3 atom stereocenters. The minimum absolute atomic E-state index is 0.0416. The van der Waals surface area contributed by atoms with Crippen molar-refractivity contribution in [3.05, 3.63) is 69.0 Å². The predicted octanol–water partition coefficient (Wildman–Crippen LogP) is 9.84. The molecular formula is C43H58Cl2FN5O3. The topological polar surface area (TPSA) is 84.7 Å². The first-order valence-corrected chi connectivity index (χ1v) is 20.9. The van der Waals surface area contributed by atoms with Crippen LogP contribution < -0.4 is 0 Å². The molecule has 8 rings (SSSR count). The first-order valence-electron chi connectivity index (χ1n) is 20.1. The molecule has 4 aliphatic heterocycles. The summed E-state index contributed by atoms with van der Waals surface area (Å²) in [6.45, 7) is 16.1. The van der Waals surface area contributed by atoms with Gasteiger partial charge in [0.1, 0.15) is 6.17 Å². The Bertz CT molecular complexity index is 1910. The number of aromatic nitrogens is 2. The largest absolute Gasteiger partial charge is 0.378 e. The predicted molar refractivity (Wildman–Crippen MR) is 218 cm³/mol. The maximum Gasteiger partial charge on any atom is 0.237 e. The van der Waals surface area contributed by atoms with Crippen molar-refractivity contribution in [2.45, 2.75) is 111 Å². The van der Waals surface area contributed by atoms with Gasteiger partial charge in [0.15, 0.2) is 0 Å². The van der Waals surface area contributed by atoms with Gasteiger partial charge in [-0.2, -0.15) is 0 Å². The van der Waals surface area contributed by atoms with Gasteiger partial charge in [-0.05, 0) is 97.9 Å². The fraction of sp³-hybridized carbons (Fsp3) is 0.581. The second-order valence-electron chi connectivity index (χ2n) is 16.0. The van der Waals surface area contributed by atoms with Crippen LogP contribution in [0.1, 0.15) is 108 Å². The van der Waals surface area contributed by atoms with Crippen LogP contribution in [-0.4, -0.2) is 88.1 Å². The molecule has 6 heterocycles. The summed E-state index contributed by atoms with van der Waals surface area (Å²) in [6.07, 6.45) is 5.48. The number of fused-ring (bicyclic) bond motifs is 6. The standard InChI is InChI=1S/C21H27ClN2O2.C20H25ClFN3O.C2H6/c1-13(2)10-19-21-16(17-11-14(22)5-6-18(17)23-21)7-8-24(19)20(25)12-15-4-3-9-26-15;1-12(2)7-18-20-15(16-8-13(21)3-4-17(16)23-20)5-6-25(18)19(26)11-24-9-14(22)10-24;1-2/h5-6,11,13,15,19,23H,3-4,7-10,12H2,1-2H3;3-4,8,12,14,18,23H,5-7,9-11H2,1-2H3;1-2H3. The van der Waals surface area contributed by atoms with E-state index < -0.39 is 6.17 Å². The lowest BCUT2D eigenvalue weighted by Crippen LogP contribution is -2.53. The Morgan fingerprint density at radius 1 is 0.815 bits per heavy atom. The molecule has 2 aromatic heterocycles. The van der Waals surface area contributed by atoms with Gasteiger partial charge < -0.3 is 24.5 Å². The molecule has 0 aliphatic carbocycles. The van der Waals surface area contributed by atoms with Crippen LogP contribution in [0.25, 0.3) is 21.8 Å². The molecule has 294 valence electrons. The number of benzene rings is 2. The van der Waals surface area contributed by atoms with Gasteiger partial charge in [-0.1, -0.05) is 64.7 Å². The summed E-state index contributed by atoms with van der Waals surface area (Å²) in [5.41, 5.74) is 7.14. The number of hydrogen-bond acceptors (Lipinski definition) is 4. The van der Waals surface area contributed by atoms with Gasteiger partial charge in [0.05, 0.1) is 31.2 Å². The molecule has 8 nitrogen and oxygen atoms in total. The summed E-state index contributed by atoms with van der Waals surface area (Å²) in [5, 5.41) is 3.86. The summed E-state index contributed by atoms with van der Waals surface area (Å²) in [6, 6.07) is 12.1. The Hall–Kier alpha value is -3.11. The highest BCUT2D eigenvalue weighted by molar-refractivity contribution is 6.31. The fourth-order valence-corrected chi connectivity index (χ4v) is 9.04. The number of carbonyl (C=O) groups excluding carboxylic acids is 2. The Morgan fingerprint density at radius 2 is 1.31 bits per heavy atom. The highest BCUT2D eigenvalue weighted by atomic mass is 35.5. The molecule has 54 heavy (non-hydrogen) atoms. The van der Waals surface area contributed by atoms with E-state index in [-0.39, 0.29) is 30.0 Å². The van der Waals surface area contributed by atoms with Crippen molar-refractivity contribution in [3.63, 3.8) is 0 Å². The molecule has 11 heteroatoms. The van der Waals surface area contributed by atoms with Gasteiger partial charge in [0.25, 0.3) is 0 Å². The zero-order chi connectivity index (χ0) is 38.7. The average molecular weight is 783 g/mol. The van der Waals surface area contributed by atoms with Crippen molar-refractivity contribution < 1.29 is 18.7 Å². The van der Waals surface area contributed by atoms with Crippen LogP contribution in [0.15, 0.2) is 36.4 Å². The van der Waals surface area contributed by atoms with E-state index in [0.29, 0.717) is 44.4 Å². The van der Waals surface area contributed by atoms with Crippen LogP contribution in [0.4, 0.5) is 4.39 Å². The van der Waals surface area contributed by atoms with Gasteiger partial charge in [0.2, 0.25) is 11.8 Å². The van der Waals surface area contributed by atoms with Crippen LogP contribution in [0.3, 0.4) is 0 Å². The van der Waals surface area contributed by atoms with Crippen LogP contribution in [0.2, 0.25) is 10.0 Å². The maximum atomic E-state index is 13.1. The number of rotatable bonds is 8. The Kier molecular flexibility index (Phi) is 13.4. The van der Waals surface area contributed by atoms with Crippen molar-refractivity contribution in [3.8, 4) is 0 Å². The van der Waals surface area contributed by atoms with Crippen LogP contribution in [0.5, 0.6) is 0 Å². The third kappa shape index (κ3) is 8.96. The summed E-state index contributed by atoms with van der Waals surface area (Å²) >= 11 is 12.4. The first-order chi connectivity index (χ1) is 25.9. The SMILES string of the molecule is CC.CC(C)CC1c2[nH]c3ccc(Cl)cc3c2CCN1C(=O)CC1CCCO1.CC(C)CC1c2[nH]c3ccc(Cl)cc3c2CCN1C(=O)CN1CC(F)C1. The Labute approximate surface area is 330 Å². The van der Waals surface area contributed by atoms with Gasteiger partial charge in [-0.3, -0.25) is 14.5 Å². The van der Waals surface area contributed by atoms with E-state index >= 15 is 0 Å². The number of nitrogens with zero attached hydrogens (tertiary/aromatic N) is 3. The van der Waals surface area contributed by atoms with E-state index in [0.717, 1.165) is 83.8 Å². The second-order valence-corrected chi connectivity index (χ2v) is 16.9. The third-order valence-corrected chi connectivity index (χ3v) is 11.6. The summed E-state index contributed by atoms with van der Waals surface area (Å²) in [4.78, 5) is 39.0. The number of ether oxygens (including phenoxy) is 1. The second kappa shape index (κ2) is 17.8. The van der Waals surface area contributed by atoms with Crippen molar-refractivity contribution >= 4 is 56.8 Å². The Morgan fingerprint density at radius 3 is 1.76 bits per heavy atom. The number of hydrogen-bond donors (Lipinski definition) is 2. The minimum Gasteiger partial charge on any atom is -0.378 e. The number of likely N-dealkylation sites (tertiary alicyclic amines) is 1. The van der Waals surface area contributed by atoms with Gasteiger partial charge in [0, 0.05) is 76.0 Å². The van der Waals surface area contributed by atoms with E-state index in [4.69, 9.17) is 27.9 Å². The molecule has 2 aromatic carbocycles. The molecule has 3 unspecified atom stereocenters. The van der Waals surface area contributed by atoms with Crippen LogP contribution >= 0.6 is 23.2 Å². The fourth-order valence-electron chi connectivity index (χ4n) is 8.69. The number of aromatic amines is 2. The molecule has 0 saturated carbocycles. The normalized spacial score (nSPS) is 21.4. The van der Waals surface area contributed by atoms with Crippen molar-refractivity contribution in [2.24, 2.45) is 11.8 Å². The highest BCUT2D eigenvalue weighted by Crippen LogP contribution is 2.40. The zero-order valence-corrected chi connectivity index (χ0v) is 34.3. The molecule has 2 saturated heterocycles. The molecule has 4 aliphatic rings. The van der Waals surface area contributed by atoms with Crippen molar-refractivity contribution in [2.75, 3.05) is 39.3 Å². The van der Waals surface area contributed by atoms with E-state index in [9.17, 15) is 14.0 Å². The zero-order valence-electron chi connectivity index (χ0n) is 32.8. The molecule has 2 amide bonds. The lowest BCUT2D eigenvalue weighted by atomic mass is 9.91. The number of alkyl halides is 1. The third-order valence-electron chi connectivity index (χ3n) is 11.2. The van der Waals surface area contributed by atoms with Gasteiger partial charge >= 0.3 is 0 Å². The van der Waals surface area contributed by atoms with E-state index in [2.05, 4.69) is 42.6 Å². The highest BCUT2D eigenvalue weighted by Gasteiger charge is 2.37.